The molecule has 1 aliphatic rings. The summed E-state index contributed by atoms with van der Waals surface area (Å²) in [6, 6.07) is 9.34. The normalized spacial score (nSPS) is 12.3. The van der Waals surface area contributed by atoms with Crippen LogP contribution in [0.4, 0.5) is 5.69 Å². The van der Waals surface area contributed by atoms with Crippen LogP contribution in [0.15, 0.2) is 46.0 Å². The van der Waals surface area contributed by atoms with Crippen LogP contribution >= 0.6 is 0 Å². The molecule has 8 heteroatoms. The molecule has 0 radical (unpaired) electrons. The molecule has 0 aliphatic carbocycles. The van der Waals surface area contributed by atoms with Crippen molar-refractivity contribution in [3.63, 3.8) is 0 Å². The lowest BCUT2D eigenvalue weighted by Crippen LogP contribution is -2.19. The third-order valence-corrected chi connectivity index (χ3v) is 3.69. The van der Waals surface area contributed by atoms with Crippen LogP contribution in [0.2, 0.25) is 0 Å². The first-order valence-electron chi connectivity index (χ1n) is 7.07. The SMILES string of the molecule is O=C(Nc1ccc2c(=O)[nH][nH]c(=O)c2c1)c1ccc2c(c1)OCO2. The van der Waals surface area contributed by atoms with E-state index in [-0.39, 0.29) is 23.5 Å². The molecule has 1 aromatic heterocycles. The van der Waals surface area contributed by atoms with E-state index in [1.165, 1.54) is 12.1 Å². The minimum absolute atomic E-state index is 0.127. The molecule has 3 N–H and O–H groups in total. The van der Waals surface area contributed by atoms with Crippen LogP contribution in [-0.2, 0) is 0 Å². The first-order valence-corrected chi connectivity index (χ1v) is 7.07. The molecular formula is C16H11N3O5. The summed E-state index contributed by atoms with van der Waals surface area (Å²) in [7, 11) is 0. The smallest absolute Gasteiger partial charge is 0.270 e. The predicted octanol–water partition coefficient (Wildman–Crippen LogP) is 1.20. The maximum absolute atomic E-state index is 12.3. The van der Waals surface area contributed by atoms with Gasteiger partial charge in [0.05, 0.1) is 10.8 Å². The lowest BCUT2D eigenvalue weighted by molar-refractivity contribution is 0.102. The second-order valence-electron chi connectivity index (χ2n) is 5.19. The van der Waals surface area contributed by atoms with Gasteiger partial charge in [0.2, 0.25) is 6.79 Å². The average Bonchev–Trinajstić information content (AvgIpc) is 3.06. The number of anilines is 1. The Hall–Kier alpha value is -3.55. The van der Waals surface area contributed by atoms with Crippen molar-refractivity contribution in [2.75, 3.05) is 12.1 Å². The summed E-state index contributed by atoms with van der Waals surface area (Å²) < 4.78 is 10.4. The van der Waals surface area contributed by atoms with Gasteiger partial charge in [0.25, 0.3) is 17.0 Å². The van der Waals surface area contributed by atoms with Crippen molar-refractivity contribution < 1.29 is 14.3 Å². The molecule has 4 rings (SSSR count). The Morgan fingerprint density at radius 2 is 1.67 bits per heavy atom. The molecule has 1 amide bonds. The Balaban J connectivity index is 1.66. The number of nitrogens with one attached hydrogen (secondary N) is 3. The van der Waals surface area contributed by atoms with Gasteiger partial charge >= 0.3 is 0 Å². The number of H-pyrrole nitrogens is 2. The van der Waals surface area contributed by atoms with E-state index in [0.29, 0.717) is 22.7 Å². The molecular weight excluding hydrogens is 314 g/mol. The summed E-state index contributed by atoms with van der Waals surface area (Å²) in [5.74, 6) is 0.723. The van der Waals surface area contributed by atoms with Crippen molar-refractivity contribution in [3.05, 3.63) is 62.7 Å². The largest absolute Gasteiger partial charge is 0.454 e. The summed E-state index contributed by atoms with van der Waals surface area (Å²) in [6.07, 6.45) is 0. The first-order chi connectivity index (χ1) is 11.6. The van der Waals surface area contributed by atoms with Gasteiger partial charge in [0.1, 0.15) is 0 Å². The van der Waals surface area contributed by atoms with E-state index in [0.717, 1.165) is 0 Å². The fraction of sp³-hybridized carbons (Fsp3) is 0.0625. The maximum Gasteiger partial charge on any atom is 0.270 e. The number of carbonyl (C=O) groups is 1. The number of aromatic amines is 2. The van der Waals surface area contributed by atoms with Gasteiger partial charge < -0.3 is 14.8 Å². The number of carbonyl (C=O) groups excluding carboxylic acids is 1. The summed E-state index contributed by atoms with van der Waals surface area (Å²) in [5.41, 5.74) is -0.0533. The average molecular weight is 325 g/mol. The van der Waals surface area contributed by atoms with Gasteiger partial charge in [-0.3, -0.25) is 24.6 Å². The number of ether oxygens (including phenoxy) is 2. The number of amides is 1. The molecule has 0 atom stereocenters. The summed E-state index contributed by atoms with van der Waals surface area (Å²) >= 11 is 0. The Morgan fingerprint density at radius 1 is 0.917 bits per heavy atom. The second kappa shape index (κ2) is 5.27. The van der Waals surface area contributed by atoms with Crippen LogP contribution in [0, 0.1) is 0 Å². The van der Waals surface area contributed by atoms with E-state index in [4.69, 9.17) is 9.47 Å². The number of hydrogen-bond donors (Lipinski definition) is 3. The lowest BCUT2D eigenvalue weighted by atomic mass is 10.1. The Morgan fingerprint density at radius 3 is 2.50 bits per heavy atom. The van der Waals surface area contributed by atoms with E-state index < -0.39 is 11.1 Å². The van der Waals surface area contributed by atoms with Gasteiger partial charge in [-0.15, -0.1) is 0 Å². The van der Waals surface area contributed by atoms with Gasteiger partial charge in [-0.25, -0.2) is 0 Å². The number of benzene rings is 2. The molecule has 0 unspecified atom stereocenters. The van der Waals surface area contributed by atoms with Crippen LogP contribution in [0.25, 0.3) is 10.8 Å². The zero-order valence-electron chi connectivity index (χ0n) is 12.2. The molecule has 2 aromatic carbocycles. The van der Waals surface area contributed by atoms with E-state index >= 15 is 0 Å². The number of aromatic nitrogens is 2. The number of rotatable bonds is 2. The first kappa shape index (κ1) is 14.1. The maximum atomic E-state index is 12.3. The third-order valence-electron chi connectivity index (χ3n) is 3.69. The van der Waals surface area contributed by atoms with Crippen molar-refractivity contribution in [2.24, 2.45) is 0 Å². The molecule has 3 aromatic rings. The molecule has 2 heterocycles. The van der Waals surface area contributed by atoms with Gasteiger partial charge in [-0.05, 0) is 36.4 Å². The molecule has 0 saturated heterocycles. The molecule has 0 fully saturated rings. The fourth-order valence-electron chi connectivity index (χ4n) is 2.50. The zero-order valence-corrected chi connectivity index (χ0v) is 12.2. The van der Waals surface area contributed by atoms with Gasteiger partial charge in [0, 0.05) is 11.3 Å². The van der Waals surface area contributed by atoms with E-state index in [2.05, 4.69) is 15.5 Å². The van der Waals surface area contributed by atoms with Crippen molar-refractivity contribution in [3.8, 4) is 11.5 Å². The fourth-order valence-corrected chi connectivity index (χ4v) is 2.50. The van der Waals surface area contributed by atoms with Gasteiger partial charge in [-0.2, -0.15) is 0 Å². The molecule has 8 nitrogen and oxygen atoms in total. The van der Waals surface area contributed by atoms with Crippen LogP contribution in [-0.4, -0.2) is 22.9 Å². The molecule has 0 saturated carbocycles. The summed E-state index contributed by atoms with van der Waals surface area (Å²) in [6.45, 7) is 0.127. The van der Waals surface area contributed by atoms with E-state index in [9.17, 15) is 14.4 Å². The Labute approximate surface area is 134 Å². The predicted molar refractivity (Wildman–Crippen MR) is 85.7 cm³/mol. The minimum Gasteiger partial charge on any atom is -0.454 e. The summed E-state index contributed by atoms with van der Waals surface area (Å²) in [5, 5.41) is 7.63. The van der Waals surface area contributed by atoms with Gasteiger partial charge in [-0.1, -0.05) is 0 Å². The number of hydrogen-bond acceptors (Lipinski definition) is 5. The van der Waals surface area contributed by atoms with Crippen LogP contribution in [0.3, 0.4) is 0 Å². The molecule has 0 spiro atoms. The zero-order chi connectivity index (χ0) is 16.7. The van der Waals surface area contributed by atoms with Crippen LogP contribution in [0.1, 0.15) is 10.4 Å². The Kier molecular flexibility index (Phi) is 3.09. The standard InChI is InChI=1S/C16H11N3O5/c20-14(8-1-4-12-13(5-8)24-7-23-12)17-9-2-3-10-11(6-9)16(22)19-18-15(10)21/h1-6H,7H2,(H,17,20)(H,18,21)(H,19,22). The van der Waals surface area contributed by atoms with Crippen molar-refractivity contribution in [1.82, 2.24) is 10.2 Å². The molecule has 120 valence electrons. The third kappa shape index (κ3) is 2.30. The highest BCUT2D eigenvalue weighted by atomic mass is 16.7. The highest BCUT2D eigenvalue weighted by Crippen LogP contribution is 2.32. The highest BCUT2D eigenvalue weighted by Gasteiger charge is 2.16. The van der Waals surface area contributed by atoms with Gasteiger partial charge in [0.15, 0.2) is 11.5 Å². The van der Waals surface area contributed by atoms with Crippen LogP contribution in [0.5, 0.6) is 11.5 Å². The number of fused-ring (bicyclic) bond motifs is 2. The molecule has 1 aliphatic heterocycles. The van der Waals surface area contributed by atoms with Crippen molar-refractivity contribution in [2.45, 2.75) is 0 Å². The van der Waals surface area contributed by atoms with Crippen molar-refractivity contribution in [1.29, 1.82) is 0 Å². The highest BCUT2D eigenvalue weighted by molar-refractivity contribution is 6.05. The molecule has 0 bridgehead atoms. The van der Waals surface area contributed by atoms with E-state index in [1.807, 2.05) is 0 Å². The lowest BCUT2D eigenvalue weighted by Gasteiger charge is -2.07. The van der Waals surface area contributed by atoms with E-state index in [1.54, 1.807) is 24.3 Å². The topological polar surface area (TPSA) is 113 Å². The minimum atomic E-state index is -0.441. The summed E-state index contributed by atoms with van der Waals surface area (Å²) in [4.78, 5) is 35.8. The van der Waals surface area contributed by atoms with Crippen LogP contribution < -0.4 is 25.9 Å². The van der Waals surface area contributed by atoms with Crippen molar-refractivity contribution >= 4 is 22.4 Å². The quantitative estimate of drug-likeness (QED) is 0.655. The Bertz CT molecular complexity index is 1080. The molecule has 24 heavy (non-hydrogen) atoms. The monoisotopic (exact) mass is 325 g/mol. The second-order valence-corrected chi connectivity index (χ2v) is 5.19.